The van der Waals surface area contributed by atoms with Crippen molar-refractivity contribution < 1.29 is 9.53 Å². The number of nitrogens with one attached hydrogen (secondary N) is 1. The van der Waals surface area contributed by atoms with E-state index in [1.54, 1.807) is 0 Å². The van der Waals surface area contributed by atoms with E-state index in [0.29, 0.717) is 6.61 Å². The van der Waals surface area contributed by atoms with Gasteiger partial charge in [0, 0.05) is 6.54 Å². The van der Waals surface area contributed by atoms with Gasteiger partial charge in [0.25, 0.3) is 0 Å². The van der Waals surface area contributed by atoms with Crippen LogP contribution in [0.2, 0.25) is 0 Å². The Kier molecular flexibility index (Phi) is 12.3. The average Bonchev–Trinajstić information content (AvgIpc) is 2.60. The van der Waals surface area contributed by atoms with Crippen LogP contribution in [0.15, 0.2) is 24.3 Å². The van der Waals surface area contributed by atoms with Crippen molar-refractivity contribution in [2.45, 2.75) is 40.7 Å². The minimum absolute atomic E-state index is 0. The normalized spacial score (nSPS) is 12.0. The second kappa shape index (κ2) is 13.0. The summed E-state index contributed by atoms with van der Waals surface area (Å²) in [5.41, 5.74) is 0.737. The van der Waals surface area contributed by atoms with E-state index < -0.39 is 0 Å². The second-order valence-electron chi connectivity index (χ2n) is 5.64. The van der Waals surface area contributed by atoms with Crippen LogP contribution in [-0.4, -0.2) is 61.1 Å². The zero-order valence-electron chi connectivity index (χ0n) is 16.2. The number of anilines is 1. The molecule has 1 unspecified atom stereocenters. The molecule has 6 heteroatoms. The highest BCUT2D eigenvalue weighted by molar-refractivity contribution is 5.96. The highest BCUT2D eigenvalue weighted by Gasteiger charge is 2.26. The zero-order valence-corrected chi connectivity index (χ0v) is 17.1. The fourth-order valence-electron chi connectivity index (χ4n) is 2.82. The Morgan fingerprint density at radius 2 is 1.64 bits per heavy atom. The number of hydrogen-bond donors (Lipinski definition) is 1. The average molecular weight is 372 g/mol. The van der Waals surface area contributed by atoms with E-state index >= 15 is 0 Å². The summed E-state index contributed by atoms with van der Waals surface area (Å²) in [4.78, 5) is 17.5. The summed E-state index contributed by atoms with van der Waals surface area (Å²) >= 11 is 0. The number of likely N-dealkylation sites (N-methyl/N-ethyl adjacent to an activating group) is 2. The number of ether oxygens (including phenoxy) is 1. The van der Waals surface area contributed by atoms with Crippen molar-refractivity contribution in [3.8, 4) is 5.75 Å². The Morgan fingerprint density at radius 3 is 2.16 bits per heavy atom. The maximum atomic E-state index is 13.0. The number of amides is 1. The lowest BCUT2D eigenvalue weighted by atomic mass is 10.2. The molecular formula is C19H34ClN3O2. The van der Waals surface area contributed by atoms with Gasteiger partial charge in [0.15, 0.2) is 0 Å². The number of halogens is 1. The summed E-state index contributed by atoms with van der Waals surface area (Å²) in [7, 11) is 0. The van der Waals surface area contributed by atoms with Gasteiger partial charge in [-0.3, -0.25) is 9.69 Å². The minimum Gasteiger partial charge on any atom is -0.492 e. The van der Waals surface area contributed by atoms with E-state index in [1.165, 1.54) is 0 Å². The third kappa shape index (κ3) is 7.22. The van der Waals surface area contributed by atoms with Crippen molar-refractivity contribution in [2.24, 2.45) is 0 Å². The second-order valence-corrected chi connectivity index (χ2v) is 5.64. The Bertz CT molecular complexity index is 491. The van der Waals surface area contributed by atoms with Gasteiger partial charge < -0.3 is 15.0 Å². The highest BCUT2D eigenvalue weighted by Crippen LogP contribution is 2.24. The summed E-state index contributed by atoms with van der Waals surface area (Å²) < 4.78 is 5.62. The SMILES string of the molecule is CCOc1ccccc1NC(=O)C(CN(CC)CC)N(CC)CC.Cl. The van der Waals surface area contributed by atoms with Crippen molar-refractivity contribution >= 4 is 24.0 Å². The number of carbonyl (C=O) groups excluding carboxylic acids is 1. The van der Waals surface area contributed by atoms with E-state index in [9.17, 15) is 4.79 Å². The van der Waals surface area contributed by atoms with Gasteiger partial charge in [-0.05, 0) is 45.2 Å². The first-order chi connectivity index (χ1) is 11.6. The predicted molar refractivity (Wildman–Crippen MR) is 108 cm³/mol. The molecule has 0 aliphatic heterocycles. The van der Waals surface area contributed by atoms with Crippen LogP contribution in [-0.2, 0) is 4.79 Å². The third-order valence-electron chi connectivity index (χ3n) is 4.33. The van der Waals surface area contributed by atoms with Gasteiger partial charge in [0.2, 0.25) is 5.91 Å². The molecule has 0 aliphatic rings. The van der Waals surface area contributed by atoms with Gasteiger partial charge in [0.1, 0.15) is 11.8 Å². The van der Waals surface area contributed by atoms with Crippen LogP contribution in [0.1, 0.15) is 34.6 Å². The van der Waals surface area contributed by atoms with Crippen LogP contribution in [0.25, 0.3) is 0 Å². The molecule has 0 spiro atoms. The fourth-order valence-corrected chi connectivity index (χ4v) is 2.82. The summed E-state index contributed by atoms with van der Waals surface area (Å²) in [6.45, 7) is 15.3. The molecule has 0 aliphatic carbocycles. The number of para-hydroxylation sites is 2. The van der Waals surface area contributed by atoms with Crippen LogP contribution in [0.5, 0.6) is 5.75 Å². The molecule has 5 nitrogen and oxygen atoms in total. The molecule has 0 heterocycles. The molecule has 0 fully saturated rings. The molecule has 25 heavy (non-hydrogen) atoms. The van der Waals surface area contributed by atoms with Gasteiger partial charge in [-0.1, -0.05) is 39.8 Å². The molecule has 1 N–H and O–H groups in total. The van der Waals surface area contributed by atoms with Crippen molar-refractivity contribution in [2.75, 3.05) is 44.6 Å². The van der Waals surface area contributed by atoms with Crippen LogP contribution < -0.4 is 10.1 Å². The van der Waals surface area contributed by atoms with Crippen molar-refractivity contribution in [3.05, 3.63) is 24.3 Å². The summed E-state index contributed by atoms with van der Waals surface area (Å²) in [6, 6.07) is 7.43. The van der Waals surface area contributed by atoms with Gasteiger partial charge in [-0.25, -0.2) is 0 Å². The standard InChI is InChI=1S/C19H33N3O2.ClH/c1-6-21(7-2)15-17(22(8-3)9-4)19(23)20-16-13-11-12-14-18(16)24-10-5;/h11-14,17H,6-10,15H2,1-5H3,(H,20,23);1H. The van der Waals surface area contributed by atoms with Gasteiger partial charge in [0.05, 0.1) is 12.3 Å². The number of nitrogens with zero attached hydrogens (tertiary/aromatic N) is 2. The van der Waals surface area contributed by atoms with Crippen molar-refractivity contribution in [1.29, 1.82) is 0 Å². The Balaban J connectivity index is 0.00000576. The maximum absolute atomic E-state index is 13.0. The summed E-state index contributed by atoms with van der Waals surface area (Å²) in [5, 5.41) is 3.07. The first-order valence-corrected chi connectivity index (χ1v) is 9.10. The Morgan fingerprint density at radius 1 is 1.04 bits per heavy atom. The smallest absolute Gasteiger partial charge is 0.243 e. The monoisotopic (exact) mass is 371 g/mol. The minimum atomic E-state index is -0.172. The summed E-state index contributed by atoms with van der Waals surface area (Å²) in [5.74, 6) is 0.743. The molecule has 1 amide bonds. The van der Waals surface area contributed by atoms with Crippen LogP contribution in [0.4, 0.5) is 5.69 Å². The van der Waals surface area contributed by atoms with Crippen molar-refractivity contribution in [3.63, 3.8) is 0 Å². The number of benzene rings is 1. The molecule has 0 saturated heterocycles. The van der Waals surface area contributed by atoms with Crippen LogP contribution >= 0.6 is 12.4 Å². The van der Waals surface area contributed by atoms with Crippen molar-refractivity contribution in [1.82, 2.24) is 9.80 Å². The first-order valence-electron chi connectivity index (χ1n) is 9.10. The predicted octanol–water partition coefficient (Wildman–Crippen LogP) is 3.50. The Hall–Kier alpha value is -1.30. The lowest BCUT2D eigenvalue weighted by molar-refractivity contribution is -0.121. The van der Waals surface area contributed by atoms with Gasteiger partial charge in [-0.15, -0.1) is 12.4 Å². The number of rotatable bonds is 11. The quantitative estimate of drug-likeness (QED) is 0.646. The molecular weight excluding hydrogens is 338 g/mol. The Labute approximate surface area is 159 Å². The topological polar surface area (TPSA) is 44.8 Å². The molecule has 1 aromatic carbocycles. The van der Waals surface area contributed by atoms with Crippen LogP contribution in [0.3, 0.4) is 0 Å². The zero-order chi connectivity index (χ0) is 17.9. The fraction of sp³-hybridized carbons (Fsp3) is 0.632. The lowest BCUT2D eigenvalue weighted by Gasteiger charge is -2.32. The lowest BCUT2D eigenvalue weighted by Crippen LogP contribution is -2.50. The summed E-state index contributed by atoms with van der Waals surface area (Å²) in [6.07, 6.45) is 0. The number of carbonyl (C=O) groups is 1. The van der Waals surface area contributed by atoms with E-state index in [-0.39, 0.29) is 24.4 Å². The van der Waals surface area contributed by atoms with Gasteiger partial charge >= 0.3 is 0 Å². The van der Waals surface area contributed by atoms with E-state index in [2.05, 4.69) is 42.8 Å². The molecule has 0 aromatic heterocycles. The molecule has 0 saturated carbocycles. The molecule has 144 valence electrons. The molecule has 0 radical (unpaired) electrons. The van der Waals surface area contributed by atoms with Crippen LogP contribution in [0, 0.1) is 0 Å². The maximum Gasteiger partial charge on any atom is 0.243 e. The third-order valence-corrected chi connectivity index (χ3v) is 4.33. The highest BCUT2D eigenvalue weighted by atomic mass is 35.5. The van der Waals surface area contributed by atoms with E-state index in [4.69, 9.17) is 4.74 Å². The molecule has 1 aromatic rings. The van der Waals surface area contributed by atoms with Gasteiger partial charge in [-0.2, -0.15) is 0 Å². The largest absolute Gasteiger partial charge is 0.492 e. The molecule has 1 atom stereocenters. The van der Waals surface area contributed by atoms with E-state index in [0.717, 1.165) is 44.2 Å². The number of hydrogen-bond acceptors (Lipinski definition) is 4. The first kappa shape index (κ1) is 23.7. The molecule has 0 bridgehead atoms. The van der Waals surface area contributed by atoms with E-state index in [1.807, 2.05) is 31.2 Å². The molecule has 1 rings (SSSR count).